The Kier molecular flexibility index (Phi) is 9.30. The molecule has 2 fully saturated rings. The molecule has 0 bridgehead atoms. The van der Waals surface area contributed by atoms with Crippen LogP contribution in [0.5, 0.6) is 0 Å². The summed E-state index contributed by atoms with van der Waals surface area (Å²) in [6.07, 6.45) is -8.01. The van der Waals surface area contributed by atoms with E-state index in [1.54, 1.807) is 0 Å². The Hall–Kier alpha value is -3.02. The van der Waals surface area contributed by atoms with Gasteiger partial charge in [-0.25, -0.2) is 35.9 Å². The van der Waals surface area contributed by atoms with Crippen molar-refractivity contribution in [1.82, 2.24) is 20.2 Å². The first-order valence-corrected chi connectivity index (χ1v) is 15.9. The number of thiazole rings is 1. The molecule has 0 spiro atoms. The van der Waals surface area contributed by atoms with Crippen LogP contribution in [-0.4, -0.2) is 83.4 Å². The molecule has 2 aromatic heterocycles. The average Bonchev–Trinajstić information content (AvgIpc) is 3.47. The first-order chi connectivity index (χ1) is 19.9. The summed E-state index contributed by atoms with van der Waals surface area (Å²) in [7, 11) is -3.25. The minimum atomic E-state index is -4.70. The van der Waals surface area contributed by atoms with E-state index in [9.17, 15) is 48.7 Å². The number of hydrogen-bond acceptors (Lipinski definition) is 8. The van der Waals surface area contributed by atoms with Gasteiger partial charge in [-0.3, -0.25) is 9.59 Å². The quantitative estimate of drug-likeness (QED) is 0.380. The summed E-state index contributed by atoms with van der Waals surface area (Å²) in [4.78, 5) is 34.9. The summed E-state index contributed by atoms with van der Waals surface area (Å²) in [5.41, 5.74) is -1.81. The number of carbonyl (C=O) groups is 2. The highest BCUT2D eigenvalue weighted by molar-refractivity contribution is 7.91. The molecule has 43 heavy (non-hydrogen) atoms. The molecule has 2 aromatic rings. The highest BCUT2D eigenvalue weighted by Gasteiger charge is 2.46. The predicted molar refractivity (Wildman–Crippen MR) is 143 cm³/mol. The summed E-state index contributed by atoms with van der Waals surface area (Å²) in [5.74, 6) is -5.95. The van der Waals surface area contributed by atoms with Crippen molar-refractivity contribution in [2.45, 2.75) is 76.2 Å². The lowest BCUT2D eigenvalue weighted by atomic mass is 10.1. The van der Waals surface area contributed by atoms with Crippen LogP contribution < -0.4 is 10.6 Å². The van der Waals surface area contributed by atoms with Crippen LogP contribution in [0.2, 0.25) is 0 Å². The maximum atomic E-state index is 14.3. The van der Waals surface area contributed by atoms with E-state index in [1.807, 2.05) is 0 Å². The van der Waals surface area contributed by atoms with E-state index >= 15 is 0 Å². The third kappa shape index (κ3) is 7.56. The Morgan fingerprint density at radius 1 is 1.21 bits per heavy atom. The summed E-state index contributed by atoms with van der Waals surface area (Å²) in [6.45, 7) is 1.64. The molecule has 2 aliphatic heterocycles. The number of nitrogens with zero attached hydrogens (tertiary/aromatic N) is 3. The number of sulfone groups is 1. The van der Waals surface area contributed by atoms with Gasteiger partial charge in [0.1, 0.15) is 27.4 Å². The van der Waals surface area contributed by atoms with Crippen LogP contribution in [0, 0.1) is 0 Å². The fraction of sp³-hybridized carbons (Fsp3) is 0.600. The van der Waals surface area contributed by atoms with Crippen molar-refractivity contribution in [3.8, 4) is 10.4 Å². The number of hydrogen-bond donors (Lipinski definition) is 2. The molecule has 9 nitrogen and oxygen atoms in total. The molecule has 2 N–H and O–H groups in total. The van der Waals surface area contributed by atoms with Gasteiger partial charge in [-0.1, -0.05) is 6.92 Å². The second kappa shape index (κ2) is 12.2. The smallest absolute Gasteiger partial charge is 0.359 e. The lowest BCUT2D eigenvalue weighted by Crippen LogP contribution is -2.41. The van der Waals surface area contributed by atoms with Gasteiger partial charge < -0.3 is 15.5 Å². The van der Waals surface area contributed by atoms with Crippen LogP contribution in [-0.2, 0) is 9.84 Å². The van der Waals surface area contributed by atoms with Crippen molar-refractivity contribution in [2.75, 3.05) is 23.4 Å². The zero-order valence-electron chi connectivity index (χ0n) is 22.9. The minimum Gasteiger partial charge on any atom is -0.359 e. The van der Waals surface area contributed by atoms with Crippen LogP contribution in [0.3, 0.4) is 0 Å². The van der Waals surface area contributed by atoms with Gasteiger partial charge in [-0.2, -0.15) is 13.2 Å². The van der Waals surface area contributed by atoms with Gasteiger partial charge in [0.2, 0.25) is 0 Å². The number of pyridine rings is 1. The molecule has 4 heterocycles. The van der Waals surface area contributed by atoms with E-state index in [0.717, 1.165) is 11.1 Å². The van der Waals surface area contributed by atoms with Gasteiger partial charge in [-0.05, 0) is 32.3 Å². The van der Waals surface area contributed by atoms with Crippen LogP contribution in [0.4, 0.5) is 36.6 Å². The van der Waals surface area contributed by atoms with Gasteiger partial charge >= 0.3 is 6.18 Å². The van der Waals surface area contributed by atoms with Crippen molar-refractivity contribution < 1.29 is 48.7 Å². The van der Waals surface area contributed by atoms with Crippen molar-refractivity contribution in [3.05, 3.63) is 28.5 Å². The molecular weight excluding hydrogens is 631 g/mol. The Morgan fingerprint density at radius 2 is 1.86 bits per heavy atom. The number of likely N-dealkylation sites (tertiary alicyclic amines) is 1. The Morgan fingerprint density at radius 3 is 2.40 bits per heavy atom. The lowest BCUT2D eigenvalue weighted by molar-refractivity contribution is -0.142. The van der Waals surface area contributed by atoms with Crippen LogP contribution in [0.1, 0.15) is 71.8 Å². The zero-order valence-corrected chi connectivity index (χ0v) is 24.5. The molecule has 0 unspecified atom stereocenters. The molecule has 18 heteroatoms. The fourth-order valence-corrected chi connectivity index (χ4v) is 7.44. The molecule has 2 aliphatic rings. The minimum absolute atomic E-state index is 0.114. The number of anilines is 1. The summed E-state index contributed by atoms with van der Waals surface area (Å²) < 4.78 is 120. The molecule has 0 aliphatic carbocycles. The van der Waals surface area contributed by atoms with E-state index in [0.29, 0.717) is 17.4 Å². The van der Waals surface area contributed by atoms with Gasteiger partial charge in [0.15, 0.2) is 5.01 Å². The van der Waals surface area contributed by atoms with Crippen LogP contribution in [0.15, 0.2) is 12.3 Å². The van der Waals surface area contributed by atoms with E-state index < -0.39 is 100 Å². The summed E-state index contributed by atoms with van der Waals surface area (Å²) >= 11 is 0.507. The molecule has 2 saturated heterocycles. The monoisotopic (exact) mass is 659 g/mol. The first-order valence-electron chi connectivity index (χ1n) is 13.2. The van der Waals surface area contributed by atoms with Gasteiger partial charge in [0, 0.05) is 35.8 Å². The maximum Gasteiger partial charge on any atom is 0.408 e. The second-order valence-electron chi connectivity index (χ2n) is 10.5. The molecule has 0 aromatic carbocycles. The highest BCUT2D eigenvalue weighted by Crippen LogP contribution is 2.40. The first kappa shape index (κ1) is 32.9. The number of amides is 2. The van der Waals surface area contributed by atoms with Crippen molar-refractivity contribution in [1.29, 1.82) is 0 Å². The van der Waals surface area contributed by atoms with Gasteiger partial charge in [-0.15, -0.1) is 11.3 Å². The van der Waals surface area contributed by atoms with Crippen LogP contribution in [0.25, 0.3) is 10.4 Å². The summed E-state index contributed by atoms with van der Waals surface area (Å²) in [6, 6.07) is -2.90. The van der Waals surface area contributed by atoms with Crippen molar-refractivity contribution >= 4 is 38.8 Å². The van der Waals surface area contributed by atoms with Crippen molar-refractivity contribution in [2.24, 2.45) is 0 Å². The van der Waals surface area contributed by atoms with E-state index in [1.165, 1.54) is 13.8 Å². The van der Waals surface area contributed by atoms with Crippen LogP contribution >= 0.6 is 11.3 Å². The molecule has 0 saturated carbocycles. The molecule has 2 amide bonds. The number of nitrogens with one attached hydrogen (secondary N) is 2. The normalized spacial score (nSPS) is 21.2. The predicted octanol–water partition coefficient (Wildman–Crippen LogP) is 5.07. The maximum absolute atomic E-state index is 14.3. The molecule has 4 rings (SSSR count). The van der Waals surface area contributed by atoms with E-state index in [2.05, 4.69) is 20.6 Å². The van der Waals surface area contributed by atoms with E-state index in [-0.39, 0.29) is 34.2 Å². The molecule has 0 radical (unpaired) electrons. The lowest BCUT2D eigenvalue weighted by Gasteiger charge is -2.22. The Bertz CT molecular complexity index is 1470. The molecule has 2 atom stereocenters. The largest absolute Gasteiger partial charge is 0.408 e. The topological polar surface area (TPSA) is 121 Å². The number of aromatic nitrogens is 2. The Labute approximate surface area is 246 Å². The molecule has 238 valence electrons. The fourth-order valence-electron chi connectivity index (χ4n) is 4.96. The standard InChI is InChI=1S/C25H28F7N5O4S2/c1-3-16(25(30,31)32)35-17-8-14(20(26)27)15(10-33-17)19-18(23(39)37-11-24(28,29)9-12(37)2)36-22(42-19)21(38)34-13-4-6-43(40,41)7-5-13/h8,10,12-13,16,20H,3-7,9,11H2,1-2H3,(H,33,35)(H,34,38)/t12-,16-/m0/s1. The van der Waals surface area contributed by atoms with E-state index in [4.69, 9.17) is 0 Å². The third-order valence-corrected chi connectivity index (χ3v) is 10.0. The Balaban J connectivity index is 1.74. The summed E-state index contributed by atoms with van der Waals surface area (Å²) in [5, 5.41) is 4.29. The highest BCUT2D eigenvalue weighted by atomic mass is 32.2. The molecular formula is C25H28F7N5O4S2. The van der Waals surface area contributed by atoms with Gasteiger partial charge in [0.05, 0.1) is 22.9 Å². The van der Waals surface area contributed by atoms with Gasteiger partial charge in [0.25, 0.3) is 24.2 Å². The third-order valence-electron chi connectivity index (χ3n) is 7.24. The number of alkyl halides is 7. The average molecular weight is 660 g/mol. The number of rotatable bonds is 8. The van der Waals surface area contributed by atoms with Crippen molar-refractivity contribution in [3.63, 3.8) is 0 Å². The number of halogens is 7. The SMILES string of the molecule is CC[C@H](Nc1cc(C(F)F)c(-c2sc(C(=O)NC3CCS(=O)(=O)CC3)nc2C(=O)N2CC(F)(F)C[C@@H]2C)cn1)C(F)(F)F. The zero-order chi connectivity index (χ0) is 31.9. The number of carbonyl (C=O) groups excluding carboxylic acids is 2. The second-order valence-corrected chi connectivity index (χ2v) is 13.8.